The standard InChI is InChI=1S/C19H30N2O2/c22-19(8-7-18-9-13-20-14-10-18)21-12-4-15-23-16-11-17-5-2-1-3-6-17/h1-3,5-6,18,20H,4,7-16H2,(H,21,22). The lowest BCUT2D eigenvalue weighted by molar-refractivity contribution is -0.121. The SMILES string of the molecule is O=C(CCC1CCNCC1)NCCCOCCc1ccccc1. The van der Waals surface area contributed by atoms with E-state index >= 15 is 0 Å². The second kappa shape index (κ2) is 11.2. The number of carbonyl (C=O) groups excluding carboxylic acids is 1. The molecule has 1 aliphatic rings. The van der Waals surface area contributed by atoms with Crippen LogP contribution in [0.1, 0.15) is 37.7 Å². The smallest absolute Gasteiger partial charge is 0.220 e. The Kier molecular flexibility index (Phi) is 8.74. The highest BCUT2D eigenvalue weighted by Crippen LogP contribution is 2.17. The number of amides is 1. The Hall–Kier alpha value is -1.39. The second-order valence-electron chi connectivity index (χ2n) is 6.28. The Balaban J connectivity index is 1.40. The van der Waals surface area contributed by atoms with E-state index in [0.29, 0.717) is 13.0 Å². The number of carbonyl (C=O) groups is 1. The number of benzene rings is 1. The fraction of sp³-hybridized carbons (Fsp3) is 0.632. The number of hydrogen-bond donors (Lipinski definition) is 2. The molecule has 4 heteroatoms. The van der Waals surface area contributed by atoms with Crippen LogP contribution in [0.15, 0.2) is 30.3 Å². The van der Waals surface area contributed by atoms with E-state index in [1.807, 2.05) is 6.07 Å². The summed E-state index contributed by atoms with van der Waals surface area (Å²) in [4.78, 5) is 11.8. The fourth-order valence-corrected chi connectivity index (χ4v) is 2.93. The van der Waals surface area contributed by atoms with Crippen LogP contribution < -0.4 is 10.6 Å². The lowest BCUT2D eigenvalue weighted by Gasteiger charge is -2.22. The van der Waals surface area contributed by atoms with E-state index in [4.69, 9.17) is 4.74 Å². The number of hydrogen-bond acceptors (Lipinski definition) is 3. The molecule has 0 aromatic heterocycles. The second-order valence-corrected chi connectivity index (χ2v) is 6.28. The van der Waals surface area contributed by atoms with E-state index in [1.165, 1.54) is 18.4 Å². The molecule has 1 heterocycles. The average molecular weight is 318 g/mol. The van der Waals surface area contributed by atoms with Crippen LogP contribution in [0.4, 0.5) is 0 Å². The summed E-state index contributed by atoms with van der Waals surface area (Å²) in [5, 5.41) is 6.35. The van der Waals surface area contributed by atoms with Crippen LogP contribution in [0.2, 0.25) is 0 Å². The molecule has 0 saturated carbocycles. The zero-order valence-electron chi connectivity index (χ0n) is 14.1. The summed E-state index contributed by atoms with van der Waals surface area (Å²) < 4.78 is 5.62. The predicted octanol–water partition coefficient (Wildman–Crippen LogP) is 2.53. The van der Waals surface area contributed by atoms with Crippen molar-refractivity contribution < 1.29 is 9.53 Å². The first kappa shape index (κ1) is 18.0. The third-order valence-electron chi connectivity index (χ3n) is 4.40. The number of piperidine rings is 1. The summed E-state index contributed by atoms with van der Waals surface area (Å²) in [6, 6.07) is 10.4. The average Bonchev–Trinajstić information content (AvgIpc) is 2.61. The van der Waals surface area contributed by atoms with Gasteiger partial charge in [0.05, 0.1) is 6.61 Å². The maximum absolute atomic E-state index is 11.8. The first-order valence-electron chi connectivity index (χ1n) is 8.93. The molecule has 1 fully saturated rings. The molecule has 23 heavy (non-hydrogen) atoms. The van der Waals surface area contributed by atoms with Crippen molar-refractivity contribution in [3.8, 4) is 0 Å². The summed E-state index contributed by atoms with van der Waals surface area (Å²) in [5.41, 5.74) is 1.30. The summed E-state index contributed by atoms with van der Waals surface area (Å²) in [5.74, 6) is 0.913. The zero-order chi connectivity index (χ0) is 16.2. The van der Waals surface area contributed by atoms with Crippen molar-refractivity contribution in [2.45, 2.75) is 38.5 Å². The molecule has 1 amide bonds. The van der Waals surface area contributed by atoms with Crippen LogP contribution in [-0.4, -0.2) is 38.8 Å². The largest absolute Gasteiger partial charge is 0.381 e. The van der Waals surface area contributed by atoms with Gasteiger partial charge in [-0.05, 0) is 56.7 Å². The van der Waals surface area contributed by atoms with E-state index in [1.54, 1.807) is 0 Å². The van der Waals surface area contributed by atoms with Gasteiger partial charge in [-0.3, -0.25) is 4.79 Å². The Labute approximate surface area is 140 Å². The van der Waals surface area contributed by atoms with Crippen molar-refractivity contribution in [2.75, 3.05) is 32.8 Å². The van der Waals surface area contributed by atoms with E-state index in [2.05, 4.69) is 34.9 Å². The van der Waals surface area contributed by atoms with Crippen LogP contribution in [0.5, 0.6) is 0 Å². The minimum atomic E-state index is 0.188. The van der Waals surface area contributed by atoms with Gasteiger partial charge in [-0.2, -0.15) is 0 Å². The van der Waals surface area contributed by atoms with Gasteiger partial charge in [0.1, 0.15) is 0 Å². The third kappa shape index (κ3) is 8.14. The van der Waals surface area contributed by atoms with Crippen molar-refractivity contribution in [1.29, 1.82) is 0 Å². The first-order valence-corrected chi connectivity index (χ1v) is 8.93. The van der Waals surface area contributed by atoms with Crippen LogP contribution >= 0.6 is 0 Å². The van der Waals surface area contributed by atoms with Crippen molar-refractivity contribution in [3.05, 3.63) is 35.9 Å². The van der Waals surface area contributed by atoms with E-state index in [0.717, 1.165) is 51.4 Å². The molecule has 0 bridgehead atoms. The van der Waals surface area contributed by atoms with Gasteiger partial charge in [-0.15, -0.1) is 0 Å². The molecule has 1 aliphatic heterocycles. The first-order chi connectivity index (χ1) is 11.3. The maximum Gasteiger partial charge on any atom is 0.220 e. The van der Waals surface area contributed by atoms with Gasteiger partial charge in [0, 0.05) is 19.6 Å². The molecule has 0 aliphatic carbocycles. The molecule has 2 N–H and O–H groups in total. The molecular formula is C19H30N2O2. The van der Waals surface area contributed by atoms with Gasteiger partial charge in [0.25, 0.3) is 0 Å². The molecule has 0 unspecified atom stereocenters. The van der Waals surface area contributed by atoms with Crippen molar-refractivity contribution >= 4 is 5.91 Å². The molecular weight excluding hydrogens is 288 g/mol. The lowest BCUT2D eigenvalue weighted by atomic mass is 9.93. The monoisotopic (exact) mass is 318 g/mol. The summed E-state index contributed by atoms with van der Waals surface area (Å²) in [6.07, 6.45) is 5.95. The van der Waals surface area contributed by atoms with Gasteiger partial charge in [-0.25, -0.2) is 0 Å². The van der Waals surface area contributed by atoms with Gasteiger partial charge in [-0.1, -0.05) is 30.3 Å². The Bertz CT molecular complexity index is 430. The molecule has 0 spiro atoms. The molecule has 1 aromatic carbocycles. The van der Waals surface area contributed by atoms with Crippen molar-refractivity contribution in [1.82, 2.24) is 10.6 Å². The van der Waals surface area contributed by atoms with Crippen molar-refractivity contribution in [2.24, 2.45) is 5.92 Å². The van der Waals surface area contributed by atoms with Crippen LogP contribution in [-0.2, 0) is 16.0 Å². The van der Waals surface area contributed by atoms with Gasteiger partial charge < -0.3 is 15.4 Å². The topological polar surface area (TPSA) is 50.4 Å². The minimum Gasteiger partial charge on any atom is -0.381 e. The zero-order valence-corrected chi connectivity index (χ0v) is 14.1. The van der Waals surface area contributed by atoms with Gasteiger partial charge in [0.2, 0.25) is 5.91 Å². The van der Waals surface area contributed by atoms with E-state index < -0.39 is 0 Å². The van der Waals surface area contributed by atoms with Crippen molar-refractivity contribution in [3.63, 3.8) is 0 Å². The number of ether oxygens (including phenoxy) is 1. The molecule has 128 valence electrons. The highest BCUT2D eigenvalue weighted by molar-refractivity contribution is 5.75. The number of rotatable bonds is 10. The van der Waals surface area contributed by atoms with E-state index in [9.17, 15) is 4.79 Å². The highest BCUT2D eigenvalue weighted by Gasteiger charge is 2.14. The quantitative estimate of drug-likeness (QED) is 0.652. The summed E-state index contributed by atoms with van der Waals surface area (Å²) in [7, 11) is 0. The van der Waals surface area contributed by atoms with Gasteiger partial charge >= 0.3 is 0 Å². The normalized spacial score (nSPS) is 15.5. The maximum atomic E-state index is 11.8. The molecule has 1 saturated heterocycles. The lowest BCUT2D eigenvalue weighted by Crippen LogP contribution is -2.30. The molecule has 0 radical (unpaired) electrons. The third-order valence-corrected chi connectivity index (χ3v) is 4.40. The fourth-order valence-electron chi connectivity index (χ4n) is 2.93. The molecule has 0 atom stereocenters. The predicted molar refractivity (Wildman–Crippen MR) is 93.4 cm³/mol. The van der Waals surface area contributed by atoms with Crippen LogP contribution in [0, 0.1) is 5.92 Å². The minimum absolute atomic E-state index is 0.188. The van der Waals surface area contributed by atoms with Crippen LogP contribution in [0.25, 0.3) is 0 Å². The summed E-state index contributed by atoms with van der Waals surface area (Å²) in [6.45, 7) is 4.38. The summed E-state index contributed by atoms with van der Waals surface area (Å²) >= 11 is 0. The van der Waals surface area contributed by atoms with Crippen LogP contribution in [0.3, 0.4) is 0 Å². The van der Waals surface area contributed by atoms with Gasteiger partial charge in [0.15, 0.2) is 0 Å². The Morgan fingerprint density at radius 1 is 1.17 bits per heavy atom. The Morgan fingerprint density at radius 3 is 2.74 bits per heavy atom. The molecule has 2 rings (SSSR count). The molecule has 1 aromatic rings. The Morgan fingerprint density at radius 2 is 1.96 bits per heavy atom. The number of nitrogens with one attached hydrogen (secondary N) is 2. The molecule has 4 nitrogen and oxygen atoms in total. The highest BCUT2D eigenvalue weighted by atomic mass is 16.5. The van der Waals surface area contributed by atoms with E-state index in [-0.39, 0.29) is 5.91 Å².